The maximum Gasteiger partial charge on any atom is 0.308 e. The highest BCUT2D eigenvalue weighted by atomic mass is 32.2. The Bertz CT molecular complexity index is 656. The molecule has 0 spiro atoms. The summed E-state index contributed by atoms with van der Waals surface area (Å²) in [6.45, 7) is 1.73. The predicted octanol–water partition coefficient (Wildman–Crippen LogP) is 1.93. The van der Waals surface area contributed by atoms with Crippen molar-refractivity contribution in [3.63, 3.8) is 0 Å². The van der Waals surface area contributed by atoms with E-state index in [0.717, 1.165) is 24.2 Å². The molecule has 20 heavy (non-hydrogen) atoms. The highest BCUT2D eigenvalue weighted by Gasteiger charge is 2.14. The summed E-state index contributed by atoms with van der Waals surface area (Å²) < 4.78 is 0.604. The van der Waals surface area contributed by atoms with Gasteiger partial charge >= 0.3 is 11.7 Å². The molecule has 104 valence electrons. The molecule has 2 heterocycles. The highest BCUT2D eigenvalue weighted by Crippen LogP contribution is 2.31. The number of nitro groups is 1. The third-order valence-electron chi connectivity index (χ3n) is 2.19. The zero-order valence-corrected chi connectivity index (χ0v) is 11.8. The third-order valence-corrected chi connectivity index (χ3v) is 4.30. The molecule has 0 amide bonds. The van der Waals surface area contributed by atoms with Gasteiger partial charge in [-0.1, -0.05) is 0 Å². The van der Waals surface area contributed by atoms with Crippen LogP contribution in [0.3, 0.4) is 0 Å². The number of nitrogens with zero attached hydrogens (tertiary/aromatic N) is 4. The van der Waals surface area contributed by atoms with Crippen molar-refractivity contribution in [1.29, 1.82) is 0 Å². The molecular weight excluding hydrogens is 304 g/mol. The Morgan fingerprint density at radius 2 is 2.15 bits per heavy atom. The van der Waals surface area contributed by atoms with Crippen LogP contribution in [0.2, 0.25) is 0 Å². The standard InChI is InChI=1S/C10H8N4O4S2/c1-5-7(2-8(15)16)19-10(13-5)20-9-11-3-6(4-12-9)14(17)18/h3-4H,2H2,1H3,(H,15,16). The molecule has 10 heteroatoms. The summed E-state index contributed by atoms with van der Waals surface area (Å²) in [4.78, 5) is 33.2. The average molecular weight is 312 g/mol. The van der Waals surface area contributed by atoms with Crippen LogP contribution in [0.5, 0.6) is 0 Å². The van der Waals surface area contributed by atoms with Crippen molar-refractivity contribution in [3.05, 3.63) is 33.1 Å². The van der Waals surface area contributed by atoms with Crippen molar-refractivity contribution in [3.8, 4) is 0 Å². The second kappa shape index (κ2) is 5.92. The maximum absolute atomic E-state index is 10.7. The lowest BCUT2D eigenvalue weighted by atomic mass is 10.3. The van der Waals surface area contributed by atoms with Crippen LogP contribution < -0.4 is 0 Å². The molecule has 2 aromatic heterocycles. The van der Waals surface area contributed by atoms with Crippen molar-refractivity contribution >= 4 is 34.8 Å². The molecule has 0 saturated carbocycles. The van der Waals surface area contributed by atoms with Crippen molar-refractivity contribution in [2.24, 2.45) is 0 Å². The molecule has 0 radical (unpaired) electrons. The minimum absolute atomic E-state index is 0.0782. The Morgan fingerprint density at radius 3 is 2.70 bits per heavy atom. The van der Waals surface area contributed by atoms with Gasteiger partial charge in [0.25, 0.3) is 0 Å². The molecule has 1 N–H and O–H groups in total. The maximum atomic E-state index is 10.7. The monoisotopic (exact) mass is 312 g/mol. The summed E-state index contributed by atoms with van der Waals surface area (Å²) in [5, 5.41) is 19.6. The molecule has 0 aromatic carbocycles. The molecule has 2 aromatic rings. The van der Waals surface area contributed by atoms with Gasteiger partial charge in [-0.3, -0.25) is 14.9 Å². The fourth-order valence-electron chi connectivity index (χ4n) is 1.28. The van der Waals surface area contributed by atoms with Crippen LogP contribution in [-0.2, 0) is 11.2 Å². The van der Waals surface area contributed by atoms with Crippen LogP contribution in [0.1, 0.15) is 10.6 Å². The van der Waals surface area contributed by atoms with E-state index in [-0.39, 0.29) is 12.1 Å². The molecule has 0 aliphatic heterocycles. The van der Waals surface area contributed by atoms with Crippen LogP contribution in [0.25, 0.3) is 0 Å². The fraction of sp³-hybridized carbons (Fsp3) is 0.200. The minimum Gasteiger partial charge on any atom is -0.481 e. The number of carbonyl (C=O) groups is 1. The van der Waals surface area contributed by atoms with Crippen LogP contribution in [-0.4, -0.2) is 31.0 Å². The first-order valence-electron chi connectivity index (χ1n) is 5.28. The number of hydrogen-bond acceptors (Lipinski definition) is 8. The number of rotatable bonds is 5. The summed E-state index contributed by atoms with van der Waals surface area (Å²) in [7, 11) is 0. The molecule has 0 unspecified atom stereocenters. The topological polar surface area (TPSA) is 119 Å². The van der Waals surface area contributed by atoms with Crippen LogP contribution in [0.15, 0.2) is 21.9 Å². The van der Waals surface area contributed by atoms with Gasteiger partial charge in [0, 0.05) is 4.88 Å². The quantitative estimate of drug-likeness (QED) is 0.505. The van der Waals surface area contributed by atoms with Crippen LogP contribution in [0.4, 0.5) is 5.69 Å². The van der Waals surface area contributed by atoms with E-state index >= 15 is 0 Å². The number of carboxylic acid groups (broad SMARTS) is 1. The number of aryl methyl sites for hydroxylation is 1. The Balaban J connectivity index is 2.13. The third kappa shape index (κ3) is 3.48. The minimum atomic E-state index is -0.917. The van der Waals surface area contributed by atoms with Crippen LogP contribution >= 0.6 is 23.1 Å². The summed E-state index contributed by atoms with van der Waals surface area (Å²) in [6, 6.07) is 0. The summed E-state index contributed by atoms with van der Waals surface area (Å²) in [5.74, 6) is -0.917. The molecule has 0 aliphatic carbocycles. The van der Waals surface area contributed by atoms with Crippen molar-refractivity contribution in [1.82, 2.24) is 15.0 Å². The lowest BCUT2D eigenvalue weighted by Gasteiger charge is -1.94. The Labute approximate surface area is 121 Å². The first kappa shape index (κ1) is 14.3. The molecular formula is C10H8N4O4S2. The van der Waals surface area contributed by atoms with Gasteiger partial charge < -0.3 is 5.11 Å². The first-order valence-corrected chi connectivity index (χ1v) is 6.91. The van der Waals surface area contributed by atoms with Gasteiger partial charge in [0.15, 0.2) is 9.50 Å². The number of aliphatic carboxylic acids is 1. The predicted molar refractivity (Wildman–Crippen MR) is 71.0 cm³/mol. The molecule has 0 atom stereocenters. The Kier molecular flexibility index (Phi) is 4.25. The number of carboxylic acids is 1. The average Bonchev–Trinajstić information content (AvgIpc) is 2.69. The molecule has 0 aliphatic rings. The van der Waals surface area contributed by atoms with E-state index in [2.05, 4.69) is 15.0 Å². The van der Waals surface area contributed by atoms with Gasteiger partial charge in [-0.2, -0.15) is 0 Å². The van der Waals surface area contributed by atoms with E-state index in [9.17, 15) is 14.9 Å². The van der Waals surface area contributed by atoms with Crippen molar-refractivity contribution < 1.29 is 14.8 Å². The zero-order valence-electron chi connectivity index (χ0n) is 10.1. The van der Waals surface area contributed by atoms with E-state index in [1.54, 1.807) is 6.92 Å². The Hall–Kier alpha value is -2.07. The SMILES string of the molecule is Cc1nc(Sc2ncc([N+](=O)[O-])cn2)sc1CC(=O)O. The van der Waals surface area contributed by atoms with Gasteiger partial charge in [-0.25, -0.2) is 15.0 Å². The fourth-order valence-corrected chi connectivity index (χ4v) is 3.30. The molecule has 0 fully saturated rings. The summed E-state index contributed by atoms with van der Waals surface area (Å²) in [5.41, 5.74) is 0.470. The van der Waals surface area contributed by atoms with Crippen molar-refractivity contribution in [2.45, 2.75) is 22.8 Å². The van der Waals surface area contributed by atoms with E-state index in [0.29, 0.717) is 20.1 Å². The molecule has 2 rings (SSSR count). The molecule has 0 saturated heterocycles. The second-order valence-electron chi connectivity index (χ2n) is 3.64. The van der Waals surface area contributed by atoms with Gasteiger partial charge in [0.05, 0.1) is 17.0 Å². The van der Waals surface area contributed by atoms with E-state index in [4.69, 9.17) is 5.11 Å². The van der Waals surface area contributed by atoms with Gasteiger partial charge in [-0.05, 0) is 18.7 Å². The second-order valence-corrected chi connectivity index (χ2v) is 5.94. The number of hydrogen-bond donors (Lipinski definition) is 1. The Morgan fingerprint density at radius 1 is 1.50 bits per heavy atom. The molecule has 0 bridgehead atoms. The van der Waals surface area contributed by atoms with Gasteiger partial charge in [0.1, 0.15) is 12.4 Å². The first-order chi connectivity index (χ1) is 9.45. The van der Waals surface area contributed by atoms with Gasteiger partial charge in [-0.15, -0.1) is 11.3 Å². The van der Waals surface area contributed by atoms with Gasteiger partial charge in [0.2, 0.25) is 0 Å². The lowest BCUT2D eigenvalue weighted by molar-refractivity contribution is -0.385. The van der Waals surface area contributed by atoms with E-state index < -0.39 is 10.9 Å². The zero-order chi connectivity index (χ0) is 14.7. The summed E-state index contributed by atoms with van der Waals surface area (Å²) in [6.07, 6.45) is 2.16. The normalized spacial score (nSPS) is 10.4. The highest BCUT2D eigenvalue weighted by molar-refractivity contribution is 8.00. The largest absolute Gasteiger partial charge is 0.481 e. The lowest BCUT2D eigenvalue weighted by Crippen LogP contribution is -1.99. The van der Waals surface area contributed by atoms with E-state index in [1.165, 1.54) is 11.3 Å². The van der Waals surface area contributed by atoms with Crippen molar-refractivity contribution in [2.75, 3.05) is 0 Å². The summed E-state index contributed by atoms with van der Waals surface area (Å²) >= 11 is 2.39. The molecule has 8 nitrogen and oxygen atoms in total. The van der Waals surface area contributed by atoms with E-state index in [1.807, 2.05) is 0 Å². The number of aromatic nitrogens is 3. The smallest absolute Gasteiger partial charge is 0.308 e. The van der Waals surface area contributed by atoms with Crippen LogP contribution in [0, 0.1) is 17.0 Å². The number of thiazole rings is 1.